The lowest BCUT2D eigenvalue weighted by molar-refractivity contribution is 0.603. The maximum Gasteiger partial charge on any atom is 0.0637 e. The van der Waals surface area contributed by atoms with Crippen LogP contribution in [0.2, 0.25) is 5.02 Å². The maximum atomic E-state index is 6.42. The first kappa shape index (κ1) is 12.2. The minimum absolute atomic E-state index is 0.515. The third-order valence-corrected chi connectivity index (χ3v) is 3.31. The molecule has 1 nitrogen and oxygen atoms in total. The number of benzene rings is 2. The fraction of sp³-hybridized carbons (Fsp3) is 0.200. The van der Waals surface area contributed by atoms with Gasteiger partial charge in [0.2, 0.25) is 0 Å². The molecule has 0 saturated carbocycles. The van der Waals surface area contributed by atoms with Gasteiger partial charge < -0.3 is 5.73 Å². The van der Waals surface area contributed by atoms with Crippen LogP contribution >= 0.6 is 11.6 Å². The zero-order chi connectivity index (χ0) is 12.5. The van der Waals surface area contributed by atoms with Crippen molar-refractivity contribution in [2.45, 2.75) is 19.4 Å². The van der Waals surface area contributed by atoms with E-state index in [1.165, 1.54) is 5.56 Å². The average Bonchev–Trinajstić information content (AvgIpc) is 2.29. The van der Waals surface area contributed by atoms with Crippen LogP contribution in [0, 0.1) is 6.92 Å². The second kappa shape index (κ2) is 4.52. The second-order valence-corrected chi connectivity index (χ2v) is 5.02. The Labute approximate surface area is 107 Å². The molecule has 2 heteroatoms. The quantitative estimate of drug-likeness (QED) is 0.854. The van der Waals surface area contributed by atoms with Crippen LogP contribution < -0.4 is 5.73 Å². The molecule has 2 aromatic rings. The molecule has 1 unspecified atom stereocenters. The minimum Gasteiger partial charge on any atom is -0.318 e. The van der Waals surface area contributed by atoms with Crippen molar-refractivity contribution < 1.29 is 0 Å². The van der Waals surface area contributed by atoms with Crippen LogP contribution in [-0.2, 0) is 5.54 Å². The van der Waals surface area contributed by atoms with Gasteiger partial charge in [-0.3, -0.25) is 0 Å². The van der Waals surface area contributed by atoms with Crippen molar-refractivity contribution >= 4 is 11.6 Å². The Balaban J connectivity index is 2.45. The molecule has 88 valence electrons. The summed E-state index contributed by atoms with van der Waals surface area (Å²) in [6.45, 7) is 4.07. The molecule has 0 saturated heterocycles. The maximum absolute atomic E-state index is 6.42. The van der Waals surface area contributed by atoms with Crippen molar-refractivity contribution in [2.75, 3.05) is 0 Å². The number of hydrogen-bond acceptors (Lipinski definition) is 1. The summed E-state index contributed by atoms with van der Waals surface area (Å²) in [6.07, 6.45) is 0. The summed E-state index contributed by atoms with van der Waals surface area (Å²) in [7, 11) is 0. The number of hydrogen-bond donors (Lipinski definition) is 1. The third kappa shape index (κ3) is 2.51. The molecule has 2 aromatic carbocycles. The van der Waals surface area contributed by atoms with E-state index in [1.54, 1.807) is 0 Å². The molecule has 0 radical (unpaired) electrons. The molecular weight excluding hydrogens is 230 g/mol. The predicted molar refractivity (Wildman–Crippen MR) is 73.3 cm³/mol. The standard InChI is InChI=1S/C15H16ClN/c1-11-6-8-12(9-7-11)15(2,17)13-4-3-5-14(16)10-13/h3-10H,17H2,1-2H3. The molecule has 0 aromatic heterocycles. The second-order valence-electron chi connectivity index (χ2n) is 4.58. The Hall–Kier alpha value is -1.31. The molecule has 0 amide bonds. The van der Waals surface area contributed by atoms with Gasteiger partial charge in [-0.1, -0.05) is 53.6 Å². The van der Waals surface area contributed by atoms with Crippen LogP contribution in [0.15, 0.2) is 48.5 Å². The van der Waals surface area contributed by atoms with Gasteiger partial charge in [-0.25, -0.2) is 0 Å². The monoisotopic (exact) mass is 245 g/mol. The number of halogens is 1. The fourth-order valence-electron chi connectivity index (χ4n) is 1.88. The SMILES string of the molecule is Cc1ccc(C(C)(N)c2cccc(Cl)c2)cc1. The molecule has 2 rings (SSSR count). The van der Waals surface area contributed by atoms with Gasteiger partial charge in [0.05, 0.1) is 5.54 Å². The molecule has 0 spiro atoms. The summed E-state index contributed by atoms with van der Waals surface area (Å²) < 4.78 is 0. The topological polar surface area (TPSA) is 26.0 Å². The Morgan fingerprint density at radius 3 is 2.24 bits per heavy atom. The lowest BCUT2D eigenvalue weighted by Crippen LogP contribution is -2.34. The lowest BCUT2D eigenvalue weighted by Gasteiger charge is -2.26. The van der Waals surface area contributed by atoms with E-state index in [4.69, 9.17) is 17.3 Å². The van der Waals surface area contributed by atoms with E-state index >= 15 is 0 Å². The molecule has 0 aliphatic carbocycles. The summed E-state index contributed by atoms with van der Waals surface area (Å²) >= 11 is 6.01. The fourth-order valence-corrected chi connectivity index (χ4v) is 2.07. The first-order chi connectivity index (χ1) is 8.00. The molecule has 0 aliphatic heterocycles. The Kier molecular flexibility index (Phi) is 3.23. The van der Waals surface area contributed by atoms with E-state index in [-0.39, 0.29) is 0 Å². The van der Waals surface area contributed by atoms with Crippen molar-refractivity contribution in [1.82, 2.24) is 0 Å². The van der Waals surface area contributed by atoms with E-state index in [2.05, 4.69) is 31.2 Å². The molecular formula is C15H16ClN. The van der Waals surface area contributed by atoms with Gasteiger partial charge in [0.15, 0.2) is 0 Å². The highest BCUT2D eigenvalue weighted by Gasteiger charge is 2.23. The van der Waals surface area contributed by atoms with Crippen molar-refractivity contribution in [3.8, 4) is 0 Å². The lowest BCUT2D eigenvalue weighted by atomic mass is 9.85. The van der Waals surface area contributed by atoms with E-state index in [0.717, 1.165) is 11.1 Å². The van der Waals surface area contributed by atoms with Gasteiger partial charge in [0.1, 0.15) is 0 Å². The van der Waals surface area contributed by atoms with Gasteiger partial charge >= 0.3 is 0 Å². The largest absolute Gasteiger partial charge is 0.318 e. The van der Waals surface area contributed by atoms with Crippen molar-refractivity contribution in [1.29, 1.82) is 0 Å². The van der Waals surface area contributed by atoms with Crippen LogP contribution in [0.4, 0.5) is 0 Å². The molecule has 0 heterocycles. The van der Waals surface area contributed by atoms with Crippen LogP contribution in [-0.4, -0.2) is 0 Å². The first-order valence-electron chi connectivity index (χ1n) is 5.62. The van der Waals surface area contributed by atoms with Gasteiger partial charge in [0, 0.05) is 5.02 Å². The van der Waals surface area contributed by atoms with Crippen LogP contribution in [0.3, 0.4) is 0 Å². The third-order valence-electron chi connectivity index (χ3n) is 3.08. The Morgan fingerprint density at radius 1 is 1.00 bits per heavy atom. The van der Waals surface area contributed by atoms with Crippen molar-refractivity contribution in [3.05, 3.63) is 70.2 Å². The van der Waals surface area contributed by atoms with Crippen molar-refractivity contribution in [2.24, 2.45) is 5.73 Å². The zero-order valence-corrected chi connectivity index (χ0v) is 10.8. The number of rotatable bonds is 2. The smallest absolute Gasteiger partial charge is 0.0637 e. The van der Waals surface area contributed by atoms with Gasteiger partial charge in [-0.2, -0.15) is 0 Å². The first-order valence-corrected chi connectivity index (χ1v) is 6.00. The van der Waals surface area contributed by atoms with Gasteiger partial charge in [-0.15, -0.1) is 0 Å². The van der Waals surface area contributed by atoms with E-state index in [9.17, 15) is 0 Å². The molecule has 0 fully saturated rings. The van der Waals surface area contributed by atoms with E-state index in [1.807, 2.05) is 31.2 Å². The number of aryl methyl sites for hydroxylation is 1. The van der Waals surface area contributed by atoms with Gasteiger partial charge in [-0.05, 0) is 37.1 Å². The molecule has 0 bridgehead atoms. The number of nitrogens with two attached hydrogens (primary N) is 1. The molecule has 0 aliphatic rings. The van der Waals surface area contributed by atoms with Crippen LogP contribution in [0.25, 0.3) is 0 Å². The molecule has 2 N–H and O–H groups in total. The summed E-state index contributed by atoms with van der Waals surface area (Å²) in [5.74, 6) is 0. The minimum atomic E-state index is -0.515. The van der Waals surface area contributed by atoms with Crippen molar-refractivity contribution in [3.63, 3.8) is 0 Å². The summed E-state index contributed by atoms with van der Waals surface area (Å²) in [5.41, 5.74) is 9.25. The Bertz CT molecular complexity index is 515. The molecule has 1 atom stereocenters. The average molecular weight is 246 g/mol. The van der Waals surface area contributed by atoms with E-state index in [0.29, 0.717) is 5.02 Å². The highest BCUT2D eigenvalue weighted by Crippen LogP contribution is 2.28. The summed E-state index contributed by atoms with van der Waals surface area (Å²) in [5, 5.41) is 0.714. The zero-order valence-electron chi connectivity index (χ0n) is 10.1. The highest BCUT2D eigenvalue weighted by molar-refractivity contribution is 6.30. The summed E-state index contributed by atoms with van der Waals surface area (Å²) in [4.78, 5) is 0. The van der Waals surface area contributed by atoms with Gasteiger partial charge in [0.25, 0.3) is 0 Å². The van der Waals surface area contributed by atoms with E-state index < -0.39 is 5.54 Å². The molecule has 17 heavy (non-hydrogen) atoms. The Morgan fingerprint density at radius 2 is 1.65 bits per heavy atom. The normalized spacial score (nSPS) is 14.4. The van der Waals surface area contributed by atoms with Crippen LogP contribution in [0.5, 0.6) is 0 Å². The highest BCUT2D eigenvalue weighted by atomic mass is 35.5. The predicted octanol–water partition coefficient (Wildman–Crippen LogP) is 3.87. The summed E-state index contributed by atoms with van der Waals surface area (Å²) in [6, 6.07) is 16.0. The van der Waals surface area contributed by atoms with Crippen LogP contribution in [0.1, 0.15) is 23.6 Å².